The zero-order valence-corrected chi connectivity index (χ0v) is 16.1. The molecule has 4 rings (SSSR count). The van der Waals surface area contributed by atoms with Crippen molar-refractivity contribution in [3.63, 3.8) is 0 Å². The van der Waals surface area contributed by atoms with Gasteiger partial charge in [-0.25, -0.2) is 0 Å². The number of benzene rings is 3. The Morgan fingerprint density at radius 2 is 1.56 bits per heavy atom. The number of ether oxygens (including phenoxy) is 1. The van der Waals surface area contributed by atoms with E-state index in [1.165, 1.54) is 5.56 Å². The Morgan fingerprint density at radius 3 is 2.19 bits per heavy atom. The standard InChI is InChI=1S/C23H21ClN2O/c1-16-22(17-8-12-19(24)13-9-17)25-26(20-6-4-3-5-7-20)23(16)18-10-14-21(27-2)15-11-18/h3-16,23H,1-2H3/t16-,23-/m1/s1. The maximum Gasteiger partial charge on any atom is 0.118 e. The van der Waals surface area contributed by atoms with Gasteiger partial charge in [-0.05, 0) is 47.5 Å². The van der Waals surface area contributed by atoms with Crippen molar-refractivity contribution in [3.05, 3.63) is 95.0 Å². The van der Waals surface area contributed by atoms with Gasteiger partial charge in [0.1, 0.15) is 5.75 Å². The molecule has 0 N–H and O–H groups in total. The molecule has 0 unspecified atom stereocenters. The Hall–Kier alpha value is -2.78. The Labute approximate surface area is 164 Å². The van der Waals surface area contributed by atoms with Crippen LogP contribution >= 0.6 is 11.6 Å². The van der Waals surface area contributed by atoms with Crippen molar-refractivity contribution in [1.82, 2.24) is 0 Å². The van der Waals surface area contributed by atoms with Gasteiger partial charge in [-0.15, -0.1) is 0 Å². The second-order valence-electron chi connectivity index (χ2n) is 6.68. The van der Waals surface area contributed by atoms with Gasteiger partial charge in [0, 0.05) is 10.9 Å². The largest absolute Gasteiger partial charge is 0.497 e. The summed E-state index contributed by atoms with van der Waals surface area (Å²) < 4.78 is 5.32. The molecular weight excluding hydrogens is 356 g/mol. The SMILES string of the molecule is COc1ccc([C@H]2[C@H](C)C(c3ccc(Cl)cc3)=NN2c2ccccc2)cc1. The Bertz CT molecular complexity index is 936. The molecule has 2 atom stereocenters. The van der Waals surface area contributed by atoms with Gasteiger partial charge >= 0.3 is 0 Å². The monoisotopic (exact) mass is 376 g/mol. The first-order valence-corrected chi connectivity index (χ1v) is 9.38. The summed E-state index contributed by atoms with van der Waals surface area (Å²) in [6.07, 6.45) is 0. The van der Waals surface area contributed by atoms with Crippen molar-refractivity contribution in [2.45, 2.75) is 13.0 Å². The summed E-state index contributed by atoms with van der Waals surface area (Å²) in [6, 6.07) is 26.6. The summed E-state index contributed by atoms with van der Waals surface area (Å²) >= 11 is 6.07. The van der Waals surface area contributed by atoms with Gasteiger partial charge in [0.15, 0.2) is 0 Å². The molecule has 0 saturated carbocycles. The van der Waals surface area contributed by atoms with Crippen LogP contribution in [0.3, 0.4) is 0 Å². The number of anilines is 1. The second kappa shape index (κ2) is 7.45. The summed E-state index contributed by atoms with van der Waals surface area (Å²) in [6.45, 7) is 2.23. The molecule has 0 fully saturated rings. The third-order valence-electron chi connectivity index (χ3n) is 5.00. The fourth-order valence-corrected chi connectivity index (χ4v) is 3.73. The predicted molar refractivity (Wildman–Crippen MR) is 112 cm³/mol. The average molecular weight is 377 g/mol. The molecule has 0 radical (unpaired) electrons. The molecule has 0 aliphatic carbocycles. The van der Waals surface area contributed by atoms with E-state index in [-0.39, 0.29) is 12.0 Å². The van der Waals surface area contributed by atoms with E-state index >= 15 is 0 Å². The molecule has 0 bridgehead atoms. The molecule has 0 amide bonds. The predicted octanol–water partition coefficient (Wildman–Crippen LogP) is 5.95. The summed E-state index contributed by atoms with van der Waals surface area (Å²) in [5, 5.41) is 7.87. The number of methoxy groups -OCH3 is 1. The molecule has 0 spiro atoms. The molecule has 1 aliphatic rings. The summed E-state index contributed by atoms with van der Waals surface area (Å²) in [5.74, 6) is 1.08. The highest BCUT2D eigenvalue weighted by Gasteiger charge is 2.36. The molecule has 3 aromatic carbocycles. The molecular formula is C23H21ClN2O. The number of hydrogen-bond acceptors (Lipinski definition) is 3. The highest BCUT2D eigenvalue weighted by molar-refractivity contribution is 6.30. The second-order valence-corrected chi connectivity index (χ2v) is 7.12. The lowest BCUT2D eigenvalue weighted by atomic mass is 9.88. The Morgan fingerprint density at radius 1 is 0.889 bits per heavy atom. The van der Waals surface area contributed by atoms with E-state index in [0.29, 0.717) is 0 Å². The Balaban J connectivity index is 1.77. The quantitative estimate of drug-likeness (QED) is 0.562. The lowest BCUT2D eigenvalue weighted by Gasteiger charge is -2.27. The number of nitrogens with zero attached hydrogens (tertiary/aromatic N) is 2. The molecule has 1 heterocycles. The highest BCUT2D eigenvalue weighted by atomic mass is 35.5. The van der Waals surface area contributed by atoms with Crippen LogP contribution in [0.4, 0.5) is 5.69 Å². The molecule has 3 nitrogen and oxygen atoms in total. The fourth-order valence-electron chi connectivity index (χ4n) is 3.60. The van der Waals surface area contributed by atoms with E-state index in [4.69, 9.17) is 21.4 Å². The summed E-state index contributed by atoms with van der Waals surface area (Å²) in [4.78, 5) is 0. The minimum absolute atomic E-state index is 0.115. The number of hydrogen-bond donors (Lipinski definition) is 0. The minimum Gasteiger partial charge on any atom is -0.497 e. The van der Waals surface area contributed by atoms with Crippen LogP contribution in [-0.2, 0) is 0 Å². The minimum atomic E-state index is 0.115. The zero-order chi connectivity index (χ0) is 18.8. The lowest BCUT2D eigenvalue weighted by Crippen LogP contribution is -2.24. The smallest absolute Gasteiger partial charge is 0.118 e. The first kappa shape index (κ1) is 17.6. The molecule has 3 aromatic rings. The van der Waals surface area contributed by atoms with Crippen LogP contribution < -0.4 is 9.75 Å². The van der Waals surface area contributed by atoms with E-state index in [0.717, 1.165) is 27.7 Å². The van der Waals surface area contributed by atoms with E-state index in [1.807, 2.05) is 54.6 Å². The zero-order valence-electron chi connectivity index (χ0n) is 15.3. The van der Waals surface area contributed by atoms with Crippen molar-refractivity contribution < 1.29 is 4.74 Å². The van der Waals surface area contributed by atoms with Crippen LogP contribution in [0.5, 0.6) is 5.75 Å². The van der Waals surface area contributed by atoms with E-state index in [1.54, 1.807) is 7.11 Å². The Kier molecular flexibility index (Phi) is 4.87. The maximum atomic E-state index is 6.07. The fraction of sp³-hybridized carbons (Fsp3) is 0.174. The van der Waals surface area contributed by atoms with Crippen LogP contribution in [0.2, 0.25) is 5.02 Å². The third-order valence-corrected chi connectivity index (χ3v) is 5.25. The molecule has 136 valence electrons. The topological polar surface area (TPSA) is 24.8 Å². The van der Waals surface area contributed by atoms with E-state index in [9.17, 15) is 0 Å². The van der Waals surface area contributed by atoms with E-state index in [2.05, 4.69) is 36.2 Å². The third kappa shape index (κ3) is 3.43. The van der Waals surface area contributed by atoms with Crippen LogP contribution in [0.1, 0.15) is 24.1 Å². The first-order chi connectivity index (χ1) is 13.2. The molecule has 0 saturated heterocycles. The number of halogens is 1. The summed E-state index contributed by atoms with van der Waals surface area (Å²) in [7, 11) is 1.69. The number of hydrazone groups is 1. The highest BCUT2D eigenvalue weighted by Crippen LogP contribution is 2.40. The van der Waals surface area contributed by atoms with Gasteiger partial charge in [0.2, 0.25) is 0 Å². The van der Waals surface area contributed by atoms with Gasteiger partial charge < -0.3 is 4.74 Å². The summed E-state index contributed by atoms with van der Waals surface area (Å²) in [5.41, 5.74) is 4.45. The van der Waals surface area contributed by atoms with Crippen molar-refractivity contribution >= 4 is 23.0 Å². The molecule has 1 aliphatic heterocycles. The molecule has 27 heavy (non-hydrogen) atoms. The van der Waals surface area contributed by atoms with Gasteiger partial charge in [-0.1, -0.05) is 61.0 Å². The molecule has 0 aromatic heterocycles. The van der Waals surface area contributed by atoms with Gasteiger partial charge in [-0.3, -0.25) is 5.01 Å². The number of rotatable bonds is 4. The van der Waals surface area contributed by atoms with Crippen LogP contribution in [0, 0.1) is 5.92 Å². The van der Waals surface area contributed by atoms with Crippen molar-refractivity contribution in [2.75, 3.05) is 12.1 Å². The van der Waals surface area contributed by atoms with Crippen LogP contribution in [0.25, 0.3) is 0 Å². The maximum absolute atomic E-state index is 6.07. The van der Waals surface area contributed by atoms with Gasteiger partial charge in [-0.2, -0.15) is 5.10 Å². The van der Waals surface area contributed by atoms with Gasteiger partial charge in [0.05, 0.1) is 24.6 Å². The number of para-hydroxylation sites is 1. The molecule has 4 heteroatoms. The van der Waals surface area contributed by atoms with Crippen molar-refractivity contribution in [1.29, 1.82) is 0 Å². The van der Waals surface area contributed by atoms with Crippen molar-refractivity contribution in [3.8, 4) is 5.75 Å². The van der Waals surface area contributed by atoms with Crippen LogP contribution in [-0.4, -0.2) is 12.8 Å². The normalized spacial score (nSPS) is 19.1. The van der Waals surface area contributed by atoms with E-state index < -0.39 is 0 Å². The van der Waals surface area contributed by atoms with Crippen molar-refractivity contribution in [2.24, 2.45) is 11.0 Å². The average Bonchev–Trinajstić information content (AvgIpc) is 3.06. The van der Waals surface area contributed by atoms with Gasteiger partial charge in [0.25, 0.3) is 0 Å². The van der Waals surface area contributed by atoms with Crippen LogP contribution in [0.15, 0.2) is 84.0 Å². The first-order valence-electron chi connectivity index (χ1n) is 9.00. The lowest BCUT2D eigenvalue weighted by molar-refractivity contribution is 0.414.